The lowest BCUT2D eigenvalue weighted by molar-refractivity contribution is -0.161. The van der Waals surface area contributed by atoms with Crippen LogP contribution >= 0.6 is 7.82 Å². The summed E-state index contributed by atoms with van der Waals surface area (Å²) in [4.78, 5) is 34.4. The quantitative estimate of drug-likeness (QED) is 0.0325. The molecular weight excluding hydrogens is 593 g/mol. The zero-order chi connectivity index (χ0) is 33.3. The first-order valence-electron chi connectivity index (χ1n) is 17.1. The zero-order valence-electron chi connectivity index (χ0n) is 28.1. The van der Waals surface area contributed by atoms with Crippen LogP contribution in [0.5, 0.6) is 0 Å². The van der Waals surface area contributed by atoms with Crippen molar-refractivity contribution in [2.75, 3.05) is 26.4 Å². The van der Waals surface area contributed by atoms with Gasteiger partial charge in [0.05, 0.1) is 13.2 Å². The van der Waals surface area contributed by atoms with Gasteiger partial charge in [-0.05, 0) is 51.4 Å². The SMILES string of the molecule is CCC/C=C/C/C=C/C/C=C/C/C=C/CCCCCC(=O)OC[C@@H](COP(=O)(O)OCCN)OC(=O)CCCCCCCCC. The Bertz CT molecular complexity index is 887. The molecule has 260 valence electrons. The van der Waals surface area contributed by atoms with Gasteiger partial charge in [-0.1, -0.05) is 114 Å². The van der Waals surface area contributed by atoms with E-state index >= 15 is 0 Å². The molecule has 0 bridgehead atoms. The molecule has 0 fully saturated rings. The van der Waals surface area contributed by atoms with E-state index < -0.39 is 32.5 Å². The highest BCUT2D eigenvalue weighted by Crippen LogP contribution is 2.43. The van der Waals surface area contributed by atoms with Gasteiger partial charge in [0, 0.05) is 19.4 Å². The second-order valence-electron chi connectivity index (χ2n) is 11.0. The summed E-state index contributed by atoms with van der Waals surface area (Å²) in [5.74, 6) is -0.878. The Balaban J connectivity index is 4.27. The predicted octanol–water partition coefficient (Wildman–Crippen LogP) is 8.82. The molecule has 0 aliphatic heterocycles. The molecule has 0 aromatic rings. The summed E-state index contributed by atoms with van der Waals surface area (Å²) in [5, 5.41) is 0. The lowest BCUT2D eigenvalue weighted by atomic mass is 10.1. The summed E-state index contributed by atoms with van der Waals surface area (Å²) in [5.41, 5.74) is 5.30. The molecule has 45 heavy (non-hydrogen) atoms. The molecule has 3 N–H and O–H groups in total. The summed E-state index contributed by atoms with van der Waals surface area (Å²) in [7, 11) is -4.37. The lowest BCUT2D eigenvalue weighted by Crippen LogP contribution is -2.29. The second-order valence-corrected chi connectivity index (χ2v) is 12.5. The average Bonchev–Trinajstić information content (AvgIpc) is 3.02. The Kier molecular flexibility index (Phi) is 30.5. The van der Waals surface area contributed by atoms with Crippen LogP contribution in [-0.4, -0.2) is 49.3 Å². The molecular formula is C35H62NO8P. The summed E-state index contributed by atoms with van der Waals surface area (Å²) in [6, 6.07) is 0. The van der Waals surface area contributed by atoms with Crippen molar-refractivity contribution in [3.63, 3.8) is 0 Å². The number of phosphoric acid groups is 1. The van der Waals surface area contributed by atoms with Gasteiger partial charge in [-0.3, -0.25) is 18.6 Å². The molecule has 0 aromatic carbocycles. The van der Waals surface area contributed by atoms with Gasteiger partial charge in [0.1, 0.15) is 6.61 Å². The van der Waals surface area contributed by atoms with E-state index in [1.807, 2.05) is 0 Å². The fourth-order valence-electron chi connectivity index (χ4n) is 4.15. The van der Waals surface area contributed by atoms with Crippen molar-refractivity contribution in [3.05, 3.63) is 48.6 Å². The van der Waals surface area contributed by atoms with E-state index in [0.29, 0.717) is 12.8 Å². The minimum Gasteiger partial charge on any atom is -0.462 e. The third-order valence-corrected chi connectivity index (χ3v) is 7.68. The van der Waals surface area contributed by atoms with Crippen LogP contribution in [0.25, 0.3) is 0 Å². The predicted molar refractivity (Wildman–Crippen MR) is 183 cm³/mol. The Morgan fingerprint density at radius 2 is 1.20 bits per heavy atom. The van der Waals surface area contributed by atoms with Crippen LogP contribution in [0.15, 0.2) is 48.6 Å². The van der Waals surface area contributed by atoms with Crippen LogP contribution in [0.3, 0.4) is 0 Å². The van der Waals surface area contributed by atoms with Gasteiger partial charge in [-0.15, -0.1) is 0 Å². The summed E-state index contributed by atoms with van der Waals surface area (Å²) >= 11 is 0. The molecule has 0 heterocycles. The topological polar surface area (TPSA) is 134 Å². The maximum atomic E-state index is 12.4. The number of esters is 2. The minimum atomic E-state index is -4.37. The van der Waals surface area contributed by atoms with E-state index in [2.05, 4.69) is 62.5 Å². The maximum absolute atomic E-state index is 12.4. The highest BCUT2D eigenvalue weighted by Gasteiger charge is 2.25. The molecule has 0 radical (unpaired) electrons. The van der Waals surface area contributed by atoms with Crippen molar-refractivity contribution in [2.45, 2.75) is 136 Å². The number of hydrogen-bond donors (Lipinski definition) is 2. The van der Waals surface area contributed by atoms with Gasteiger partial charge in [0.15, 0.2) is 6.10 Å². The van der Waals surface area contributed by atoms with Crippen molar-refractivity contribution < 1.29 is 37.6 Å². The summed E-state index contributed by atoms with van der Waals surface area (Å²) in [6.45, 7) is 3.54. The first-order chi connectivity index (χ1) is 21.8. The van der Waals surface area contributed by atoms with Crippen molar-refractivity contribution in [1.82, 2.24) is 0 Å². The number of unbranched alkanes of at least 4 members (excludes halogenated alkanes) is 10. The van der Waals surface area contributed by atoms with Gasteiger partial charge in [-0.2, -0.15) is 0 Å². The molecule has 9 nitrogen and oxygen atoms in total. The number of nitrogens with two attached hydrogens (primary N) is 1. The minimum absolute atomic E-state index is 0.0475. The summed E-state index contributed by atoms with van der Waals surface area (Å²) in [6.07, 6.45) is 33.1. The lowest BCUT2D eigenvalue weighted by Gasteiger charge is -2.19. The molecule has 0 rings (SSSR count). The molecule has 0 aliphatic rings. The molecule has 0 aromatic heterocycles. The molecule has 1 unspecified atom stereocenters. The fraction of sp³-hybridized carbons (Fsp3) is 0.714. The number of ether oxygens (including phenoxy) is 2. The first-order valence-corrected chi connectivity index (χ1v) is 18.6. The van der Waals surface area contributed by atoms with E-state index in [1.54, 1.807) is 0 Å². The molecule has 2 atom stereocenters. The van der Waals surface area contributed by atoms with E-state index in [9.17, 15) is 19.0 Å². The van der Waals surface area contributed by atoms with Crippen molar-refractivity contribution in [1.29, 1.82) is 0 Å². The normalized spacial score (nSPS) is 14.1. The molecule has 10 heteroatoms. The Morgan fingerprint density at radius 1 is 0.667 bits per heavy atom. The monoisotopic (exact) mass is 655 g/mol. The number of carbonyl (C=O) groups excluding carboxylic acids is 2. The smallest absolute Gasteiger partial charge is 0.462 e. The van der Waals surface area contributed by atoms with Gasteiger partial charge in [0.2, 0.25) is 0 Å². The molecule has 0 aliphatic carbocycles. The second kappa shape index (κ2) is 31.9. The number of hydrogen-bond acceptors (Lipinski definition) is 8. The van der Waals surface area contributed by atoms with Crippen LogP contribution in [0.4, 0.5) is 0 Å². The van der Waals surface area contributed by atoms with Crippen LogP contribution < -0.4 is 5.73 Å². The summed E-state index contributed by atoms with van der Waals surface area (Å²) < 4.78 is 32.4. The number of rotatable bonds is 31. The zero-order valence-corrected chi connectivity index (χ0v) is 29.0. The van der Waals surface area contributed by atoms with Crippen LogP contribution in [0.1, 0.15) is 129 Å². The van der Waals surface area contributed by atoms with Crippen molar-refractivity contribution >= 4 is 19.8 Å². The molecule has 0 spiro atoms. The number of allylic oxidation sites excluding steroid dienone is 8. The highest BCUT2D eigenvalue weighted by molar-refractivity contribution is 7.47. The standard InChI is InChI=1S/C35H62NO8P/c1-3-5-7-9-11-12-13-14-15-16-17-18-19-20-22-23-25-27-34(37)41-31-33(32-43-45(39,40)42-30-29-36)44-35(38)28-26-24-21-10-8-6-4-2/h7,9,12-13,15-16,18-19,33H,3-6,8,10-11,14,17,20-32,36H2,1-2H3,(H,39,40)/b9-7+,13-12+,16-15+,19-18+/t33-/m0/s1. The first kappa shape index (κ1) is 43.0. The van der Waals surface area contributed by atoms with Gasteiger partial charge >= 0.3 is 19.8 Å². The highest BCUT2D eigenvalue weighted by atomic mass is 31.2. The molecule has 0 saturated carbocycles. The van der Waals surface area contributed by atoms with Crippen LogP contribution in [0, 0.1) is 0 Å². The van der Waals surface area contributed by atoms with Crippen LogP contribution in [-0.2, 0) is 32.7 Å². The molecule has 0 amide bonds. The molecule has 0 saturated heterocycles. The van der Waals surface area contributed by atoms with Crippen molar-refractivity contribution in [2.24, 2.45) is 5.73 Å². The van der Waals surface area contributed by atoms with Crippen molar-refractivity contribution in [3.8, 4) is 0 Å². The van der Waals surface area contributed by atoms with Gasteiger partial charge in [-0.25, -0.2) is 4.57 Å². The van der Waals surface area contributed by atoms with Gasteiger partial charge < -0.3 is 20.1 Å². The third kappa shape index (κ3) is 31.7. The fourth-order valence-corrected chi connectivity index (χ4v) is 4.92. The number of carbonyl (C=O) groups is 2. The average molecular weight is 656 g/mol. The van der Waals surface area contributed by atoms with E-state index in [4.69, 9.17) is 24.3 Å². The Morgan fingerprint density at radius 3 is 1.80 bits per heavy atom. The largest absolute Gasteiger partial charge is 0.472 e. The third-order valence-electron chi connectivity index (χ3n) is 6.70. The van der Waals surface area contributed by atoms with Crippen LogP contribution in [0.2, 0.25) is 0 Å². The Hall–Kier alpha value is -2.03. The van der Waals surface area contributed by atoms with E-state index in [0.717, 1.165) is 64.2 Å². The Labute approximate surface area is 273 Å². The van der Waals surface area contributed by atoms with E-state index in [-0.39, 0.29) is 32.6 Å². The number of phosphoric ester groups is 1. The van der Waals surface area contributed by atoms with Gasteiger partial charge in [0.25, 0.3) is 0 Å². The van der Waals surface area contributed by atoms with E-state index in [1.165, 1.54) is 25.7 Å². The maximum Gasteiger partial charge on any atom is 0.472 e.